The van der Waals surface area contributed by atoms with E-state index in [-0.39, 0.29) is 5.41 Å². The summed E-state index contributed by atoms with van der Waals surface area (Å²) >= 11 is 0. The third kappa shape index (κ3) is 6.95. The summed E-state index contributed by atoms with van der Waals surface area (Å²) in [5, 5.41) is 2.35. The molecule has 2 heteroatoms. The highest BCUT2D eigenvalue weighted by molar-refractivity contribution is 6.02. The van der Waals surface area contributed by atoms with Crippen molar-refractivity contribution in [1.29, 1.82) is 0 Å². The summed E-state index contributed by atoms with van der Waals surface area (Å²) in [6.07, 6.45) is 0. The Bertz CT molecular complexity index is 3740. The Kier molecular flexibility index (Phi) is 9.55. The number of rotatable bonds is 7. The first kappa shape index (κ1) is 40.5. The maximum Gasteiger partial charge on any atom is 0.135 e. The van der Waals surface area contributed by atoms with E-state index in [0.717, 1.165) is 61.8 Å². The molecule has 0 aromatic heterocycles. The van der Waals surface area contributed by atoms with Crippen LogP contribution in [0, 0.1) is 0 Å². The molecule has 1 aliphatic heterocycles. The van der Waals surface area contributed by atoms with Gasteiger partial charge in [-0.2, -0.15) is 0 Å². The highest BCUT2D eigenvalue weighted by Crippen LogP contribution is 2.53. The first-order valence-corrected chi connectivity index (χ1v) is 23.9. The Labute approximate surface area is 404 Å². The molecule has 1 heterocycles. The minimum atomic E-state index is -0.107. The Morgan fingerprint density at radius 1 is 0.290 bits per heavy atom. The number of benzene rings is 11. The van der Waals surface area contributed by atoms with Crippen LogP contribution in [0.1, 0.15) is 25.0 Å². The summed E-state index contributed by atoms with van der Waals surface area (Å²) in [5.41, 5.74) is 22.5. The largest absolute Gasteiger partial charge is 0.456 e. The van der Waals surface area contributed by atoms with Gasteiger partial charge in [0, 0.05) is 39.2 Å². The quantitative estimate of drug-likeness (QED) is 0.158. The van der Waals surface area contributed by atoms with E-state index in [1.807, 2.05) is 0 Å². The number of fused-ring (bicyclic) bond motifs is 9. The lowest BCUT2D eigenvalue weighted by molar-refractivity contribution is 0.488. The van der Waals surface area contributed by atoms with Crippen molar-refractivity contribution in [3.63, 3.8) is 0 Å². The lowest BCUT2D eigenvalue weighted by Gasteiger charge is -2.28. The fourth-order valence-corrected chi connectivity index (χ4v) is 10.9. The average Bonchev–Trinajstić information content (AvgIpc) is 3.54. The van der Waals surface area contributed by atoms with E-state index in [1.165, 1.54) is 66.6 Å². The van der Waals surface area contributed by atoms with E-state index >= 15 is 0 Å². The molecule has 0 saturated carbocycles. The van der Waals surface area contributed by atoms with Crippen molar-refractivity contribution in [3.8, 4) is 89.4 Å². The maximum atomic E-state index is 6.90. The van der Waals surface area contributed by atoms with Crippen LogP contribution in [0.4, 0.5) is 17.1 Å². The van der Waals surface area contributed by atoms with Crippen LogP contribution in [-0.4, -0.2) is 0 Å². The zero-order chi connectivity index (χ0) is 46.1. The van der Waals surface area contributed by atoms with Crippen molar-refractivity contribution in [1.82, 2.24) is 0 Å². The zero-order valence-electron chi connectivity index (χ0n) is 38.5. The molecule has 0 fully saturated rings. The van der Waals surface area contributed by atoms with Crippen LogP contribution in [0.3, 0.4) is 0 Å². The molecule has 0 bridgehead atoms. The van der Waals surface area contributed by atoms with Crippen LogP contribution < -0.4 is 9.64 Å². The van der Waals surface area contributed by atoms with Gasteiger partial charge in [-0.25, -0.2) is 0 Å². The minimum absolute atomic E-state index is 0.107. The van der Waals surface area contributed by atoms with E-state index in [4.69, 9.17) is 4.74 Å². The standard InChI is InChI=1S/C67H47NO/c1-67(2)62-23-12-11-20-57(62)58-38-37-55(43-63(58)67)68(53-33-28-46(29-34-53)44-14-5-3-6-15-44)54-35-30-47(31-36-54)45-24-26-48(27-25-45)52-32-39-64-61(41-52)66-56(49-16-7-4-8-17-49)21-13-22-59(66)60-40-50-18-9-10-19-51(50)42-65(60)69-64/h3-43H,1-2H3. The van der Waals surface area contributed by atoms with E-state index < -0.39 is 0 Å². The minimum Gasteiger partial charge on any atom is -0.456 e. The number of ether oxygens (including phenoxy) is 1. The highest BCUT2D eigenvalue weighted by atomic mass is 16.5. The Morgan fingerprint density at radius 3 is 1.46 bits per heavy atom. The smallest absolute Gasteiger partial charge is 0.135 e. The summed E-state index contributed by atoms with van der Waals surface area (Å²) in [4.78, 5) is 2.39. The van der Waals surface area contributed by atoms with Gasteiger partial charge < -0.3 is 9.64 Å². The fourth-order valence-electron chi connectivity index (χ4n) is 10.9. The summed E-state index contributed by atoms with van der Waals surface area (Å²) < 4.78 is 6.90. The van der Waals surface area contributed by atoms with Crippen LogP contribution in [0.2, 0.25) is 0 Å². The molecule has 69 heavy (non-hydrogen) atoms. The highest BCUT2D eigenvalue weighted by Gasteiger charge is 2.36. The Morgan fingerprint density at radius 2 is 0.783 bits per heavy atom. The molecule has 13 rings (SSSR count). The van der Waals surface area contributed by atoms with Crippen LogP contribution in [0.25, 0.3) is 88.7 Å². The van der Waals surface area contributed by atoms with E-state index in [9.17, 15) is 0 Å². The van der Waals surface area contributed by atoms with Crippen molar-refractivity contribution in [2.75, 3.05) is 4.90 Å². The van der Waals surface area contributed by atoms with Gasteiger partial charge in [-0.05, 0) is 144 Å². The van der Waals surface area contributed by atoms with Gasteiger partial charge in [-0.15, -0.1) is 0 Å². The van der Waals surface area contributed by atoms with Crippen molar-refractivity contribution in [3.05, 3.63) is 260 Å². The van der Waals surface area contributed by atoms with Gasteiger partial charge in [0.25, 0.3) is 0 Å². The summed E-state index contributed by atoms with van der Waals surface area (Å²) in [6.45, 7) is 4.70. The molecule has 0 radical (unpaired) electrons. The van der Waals surface area contributed by atoms with Gasteiger partial charge in [-0.1, -0.05) is 202 Å². The molecular weight excluding hydrogens is 835 g/mol. The zero-order valence-corrected chi connectivity index (χ0v) is 38.5. The third-order valence-corrected chi connectivity index (χ3v) is 14.5. The van der Waals surface area contributed by atoms with Crippen molar-refractivity contribution < 1.29 is 4.74 Å². The van der Waals surface area contributed by atoms with Gasteiger partial charge >= 0.3 is 0 Å². The van der Waals surface area contributed by atoms with E-state index in [1.54, 1.807) is 0 Å². The Hall–Kier alpha value is -8.72. The van der Waals surface area contributed by atoms with E-state index in [2.05, 4.69) is 267 Å². The predicted octanol–water partition coefficient (Wildman–Crippen LogP) is 18.7. The number of hydrogen-bond donors (Lipinski definition) is 0. The molecular formula is C67H47NO. The molecule has 0 N–H and O–H groups in total. The fraction of sp³-hybridized carbons (Fsp3) is 0.0448. The molecule has 326 valence electrons. The molecule has 11 aromatic rings. The second kappa shape index (κ2) is 16.3. The van der Waals surface area contributed by atoms with Crippen molar-refractivity contribution in [2.24, 2.45) is 0 Å². The summed E-state index contributed by atoms with van der Waals surface area (Å²) in [5.74, 6) is 1.72. The second-order valence-corrected chi connectivity index (χ2v) is 18.9. The van der Waals surface area contributed by atoms with Crippen LogP contribution in [-0.2, 0) is 5.41 Å². The van der Waals surface area contributed by atoms with Gasteiger partial charge in [-0.3, -0.25) is 0 Å². The van der Waals surface area contributed by atoms with Gasteiger partial charge in [0.2, 0.25) is 0 Å². The number of hydrogen-bond acceptors (Lipinski definition) is 2. The average molecular weight is 882 g/mol. The number of nitrogens with zero attached hydrogens (tertiary/aromatic N) is 1. The normalized spacial score (nSPS) is 12.7. The third-order valence-electron chi connectivity index (χ3n) is 14.5. The first-order chi connectivity index (χ1) is 33.9. The Balaban J connectivity index is 0.852. The molecule has 0 spiro atoms. The summed E-state index contributed by atoms with van der Waals surface area (Å²) in [7, 11) is 0. The van der Waals surface area contributed by atoms with Gasteiger partial charge in [0.15, 0.2) is 0 Å². The molecule has 0 unspecified atom stereocenters. The molecule has 0 amide bonds. The number of anilines is 3. The van der Waals surface area contributed by atoms with Crippen LogP contribution in [0.5, 0.6) is 11.5 Å². The monoisotopic (exact) mass is 881 g/mol. The molecule has 0 atom stereocenters. The van der Waals surface area contributed by atoms with Crippen molar-refractivity contribution >= 4 is 27.8 Å². The molecule has 1 aliphatic carbocycles. The maximum absolute atomic E-state index is 6.90. The molecule has 11 aromatic carbocycles. The second-order valence-electron chi connectivity index (χ2n) is 18.9. The predicted molar refractivity (Wildman–Crippen MR) is 289 cm³/mol. The SMILES string of the molecule is CC1(C)c2ccccc2-c2ccc(N(c3ccc(-c4ccccc4)cc3)c3ccc(-c4ccc(-c5ccc6c(c5)-c5c(-c7ccccc7)cccc5-c5cc7ccccc7cc5O6)cc4)cc3)cc21. The molecule has 2 aliphatic rings. The van der Waals surface area contributed by atoms with Crippen LogP contribution >= 0.6 is 0 Å². The molecule has 2 nitrogen and oxygen atoms in total. The summed E-state index contributed by atoms with van der Waals surface area (Å²) in [6, 6.07) is 90.5. The lowest BCUT2D eigenvalue weighted by Crippen LogP contribution is -2.16. The van der Waals surface area contributed by atoms with Gasteiger partial charge in [0.1, 0.15) is 11.5 Å². The lowest BCUT2D eigenvalue weighted by atomic mass is 9.82. The van der Waals surface area contributed by atoms with Crippen molar-refractivity contribution in [2.45, 2.75) is 19.3 Å². The molecule has 0 saturated heterocycles. The topological polar surface area (TPSA) is 12.5 Å². The van der Waals surface area contributed by atoms with E-state index in [0.29, 0.717) is 0 Å². The van der Waals surface area contributed by atoms with Crippen LogP contribution in [0.15, 0.2) is 249 Å². The van der Waals surface area contributed by atoms with Gasteiger partial charge in [0.05, 0.1) is 0 Å². The first-order valence-electron chi connectivity index (χ1n) is 23.9.